The summed E-state index contributed by atoms with van der Waals surface area (Å²) in [5, 5.41) is 8.93. The van der Waals surface area contributed by atoms with Gasteiger partial charge in [0, 0.05) is 11.1 Å². The van der Waals surface area contributed by atoms with Crippen LogP contribution in [0, 0.1) is 0 Å². The normalized spacial score (nSPS) is 12.9. The van der Waals surface area contributed by atoms with Gasteiger partial charge in [0.2, 0.25) is 0 Å². The molecule has 5 nitrogen and oxygen atoms in total. The standard InChI is InChI=1S/C23H19ClN4O/c24-22-13-18(16-9-4-5-11-19(16)26-22)23(29)25-14-20-17-10-6-12-21(17)28(27-20)15-7-2-1-3-8-15/h1-5,7-9,11,13H,6,10,12,14H2,(H,25,29). The highest BCUT2D eigenvalue weighted by atomic mass is 35.5. The summed E-state index contributed by atoms with van der Waals surface area (Å²) in [5.74, 6) is -0.175. The average molecular weight is 403 g/mol. The van der Waals surface area contributed by atoms with Gasteiger partial charge in [-0.2, -0.15) is 5.10 Å². The summed E-state index contributed by atoms with van der Waals surface area (Å²) >= 11 is 6.13. The molecule has 2 aromatic heterocycles. The molecule has 0 spiro atoms. The minimum Gasteiger partial charge on any atom is -0.346 e. The fourth-order valence-corrected chi connectivity index (χ4v) is 4.23. The van der Waals surface area contributed by atoms with E-state index in [0.717, 1.165) is 36.0 Å². The molecule has 1 aliphatic rings. The lowest BCUT2D eigenvalue weighted by Crippen LogP contribution is -2.24. The minimum absolute atomic E-state index is 0.175. The molecule has 6 heteroatoms. The van der Waals surface area contributed by atoms with E-state index in [1.54, 1.807) is 6.07 Å². The number of carbonyl (C=O) groups excluding carboxylic acids is 1. The number of nitrogens with one attached hydrogen (secondary N) is 1. The molecule has 144 valence electrons. The SMILES string of the molecule is O=C(NCc1nn(-c2ccccc2)c2c1CCC2)c1cc(Cl)nc2ccccc12. The summed E-state index contributed by atoms with van der Waals surface area (Å²) in [7, 11) is 0. The van der Waals surface area contributed by atoms with E-state index in [0.29, 0.717) is 22.8 Å². The summed E-state index contributed by atoms with van der Waals surface area (Å²) in [4.78, 5) is 17.2. The Kier molecular flexibility index (Phi) is 4.52. The van der Waals surface area contributed by atoms with Crippen molar-refractivity contribution in [3.63, 3.8) is 0 Å². The summed E-state index contributed by atoms with van der Waals surface area (Å²) in [6.07, 6.45) is 3.12. The molecule has 0 unspecified atom stereocenters. The molecule has 5 rings (SSSR count). The molecule has 0 atom stereocenters. The third kappa shape index (κ3) is 3.28. The summed E-state index contributed by atoms with van der Waals surface area (Å²) in [6.45, 7) is 0.384. The van der Waals surface area contributed by atoms with Crippen LogP contribution in [-0.4, -0.2) is 20.7 Å². The number of hydrogen-bond acceptors (Lipinski definition) is 3. The van der Waals surface area contributed by atoms with E-state index in [-0.39, 0.29) is 5.91 Å². The molecule has 2 heterocycles. The third-order valence-electron chi connectivity index (χ3n) is 5.36. The molecule has 0 aliphatic heterocycles. The molecular formula is C23H19ClN4O. The smallest absolute Gasteiger partial charge is 0.252 e. The van der Waals surface area contributed by atoms with Gasteiger partial charge >= 0.3 is 0 Å². The topological polar surface area (TPSA) is 59.8 Å². The number of fused-ring (bicyclic) bond motifs is 2. The Morgan fingerprint density at radius 1 is 1.07 bits per heavy atom. The van der Waals surface area contributed by atoms with Crippen LogP contribution < -0.4 is 5.32 Å². The number of para-hydroxylation sites is 2. The Morgan fingerprint density at radius 3 is 2.72 bits per heavy atom. The van der Waals surface area contributed by atoms with Crippen LogP contribution in [0.3, 0.4) is 0 Å². The van der Waals surface area contributed by atoms with Crippen LogP contribution in [0.15, 0.2) is 60.7 Å². The molecule has 1 amide bonds. The monoisotopic (exact) mass is 402 g/mol. The Bertz CT molecular complexity index is 1220. The second-order valence-electron chi connectivity index (χ2n) is 7.17. The second-order valence-corrected chi connectivity index (χ2v) is 7.55. The van der Waals surface area contributed by atoms with Crippen molar-refractivity contribution in [2.24, 2.45) is 0 Å². The number of nitrogens with zero attached hydrogens (tertiary/aromatic N) is 3. The van der Waals surface area contributed by atoms with E-state index >= 15 is 0 Å². The van der Waals surface area contributed by atoms with Crippen molar-refractivity contribution in [2.75, 3.05) is 0 Å². The lowest BCUT2D eigenvalue weighted by molar-refractivity contribution is 0.0952. The number of aromatic nitrogens is 3. The Hall–Kier alpha value is -3.18. The van der Waals surface area contributed by atoms with Gasteiger partial charge in [0.1, 0.15) is 5.15 Å². The van der Waals surface area contributed by atoms with Crippen molar-refractivity contribution in [3.8, 4) is 5.69 Å². The van der Waals surface area contributed by atoms with Crippen molar-refractivity contribution in [1.29, 1.82) is 0 Å². The highest BCUT2D eigenvalue weighted by Crippen LogP contribution is 2.28. The van der Waals surface area contributed by atoms with Crippen LogP contribution in [0.5, 0.6) is 0 Å². The number of pyridine rings is 1. The van der Waals surface area contributed by atoms with E-state index in [9.17, 15) is 4.79 Å². The molecule has 0 bridgehead atoms. The molecule has 29 heavy (non-hydrogen) atoms. The maximum absolute atomic E-state index is 12.9. The number of benzene rings is 2. The van der Waals surface area contributed by atoms with E-state index in [1.165, 1.54) is 11.3 Å². The van der Waals surface area contributed by atoms with Gasteiger partial charge in [-0.05, 0) is 49.1 Å². The Morgan fingerprint density at radius 2 is 1.86 bits per heavy atom. The zero-order valence-corrected chi connectivity index (χ0v) is 16.5. The molecule has 0 saturated heterocycles. The van der Waals surface area contributed by atoms with Crippen molar-refractivity contribution in [1.82, 2.24) is 20.1 Å². The van der Waals surface area contributed by atoms with Crippen LogP contribution in [0.2, 0.25) is 5.15 Å². The van der Waals surface area contributed by atoms with E-state index < -0.39 is 0 Å². The highest BCUT2D eigenvalue weighted by Gasteiger charge is 2.23. The van der Waals surface area contributed by atoms with Crippen molar-refractivity contribution in [2.45, 2.75) is 25.8 Å². The van der Waals surface area contributed by atoms with Crippen LogP contribution >= 0.6 is 11.6 Å². The van der Waals surface area contributed by atoms with Crippen LogP contribution in [0.4, 0.5) is 0 Å². The van der Waals surface area contributed by atoms with Crippen LogP contribution in [-0.2, 0) is 19.4 Å². The molecule has 4 aromatic rings. The van der Waals surface area contributed by atoms with Crippen molar-refractivity contribution < 1.29 is 4.79 Å². The largest absolute Gasteiger partial charge is 0.346 e. The highest BCUT2D eigenvalue weighted by molar-refractivity contribution is 6.30. The van der Waals surface area contributed by atoms with Gasteiger partial charge in [-0.3, -0.25) is 4.79 Å². The third-order valence-corrected chi connectivity index (χ3v) is 5.55. The fourth-order valence-electron chi connectivity index (χ4n) is 4.03. The number of amides is 1. The zero-order chi connectivity index (χ0) is 19.8. The first-order valence-electron chi connectivity index (χ1n) is 9.69. The number of hydrogen-bond donors (Lipinski definition) is 1. The van der Waals surface area contributed by atoms with Gasteiger partial charge in [-0.15, -0.1) is 0 Å². The number of carbonyl (C=O) groups is 1. The summed E-state index contributed by atoms with van der Waals surface area (Å²) < 4.78 is 2.02. The molecule has 1 aliphatic carbocycles. The van der Waals surface area contributed by atoms with Crippen molar-refractivity contribution in [3.05, 3.63) is 88.3 Å². The first-order chi connectivity index (χ1) is 14.2. The van der Waals surface area contributed by atoms with Gasteiger partial charge in [0.25, 0.3) is 5.91 Å². The Labute approximate surface area is 173 Å². The lowest BCUT2D eigenvalue weighted by atomic mass is 10.1. The lowest BCUT2D eigenvalue weighted by Gasteiger charge is -2.08. The fraction of sp³-hybridized carbons (Fsp3) is 0.174. The van der Waals surface area contributed by atoms with E-state index in [4.69, 9.17) is 16.7 Å². The first-order valence-corrected chi connectivity index (χ1v) is 10.1. The average Bonchev–Trinajstić information content (AvgIpc) is 3.35. The molecule has 1 N–H and O–H groups in total. The van der Waals surface area contributed by atoms with Gasteiger partial charge in [-0.25, -0.2) is 9.67 Å². The quantitative estimate of drug-likeness (QED) is 0.511. The molecule has 2 aromatic carbocycles. The van der Waals surface area contributed by atoms with Crippen molar-refractivity contribution >= 4 is 28.4 Å². The van der Waals surface area contributed by atoms with E-state index in [1.807, 2.05) is 47.1 Å². The van der Waals surface area contributed by atoms with Gasteiger partial charge in [0.15, 0.2) is 0 Å². The summed E-state index contributed by atoms with van der Waals surface area (Å²) in [6, 6.07) is 19.3. The van der Waals surface area contributed by atoms with Gasteiger partial charge < -0.3 is 5.32 Å². The second kappa shape index (κ2) is 7.33. The van der Waals surface area contributed by atoms with Crippen LogP contribution in [0.25, 0.3) is 16.6 Å². The maximum Gasteiger partial charge on any atom is 0.252 e. The molecule has 0 fully saturated rings. The number of halogens is 1. The zero-order valence-electron chi connectivity index (χ0n) is 15.7. The van der Waals surface area contributed by atoms with Crippen LogP contribution in [0.1, 0.15) is 33.7 Å². The Balaban J connectivity index is 1.44. The summed E-state index contributed by atoms with van der Waals surface area (Å²) in [5.41, 5.74) is 5.72. The van der Waals surface area contributed by atoms with Gasteiger partial charge in [-0.1, -0.05) is 48.0 Å². The first kappa shape index (κ1) is 17.9. The minimum atomic E-state index is -0.175. The molecule has 0 saturated carbocycles. The number of rotatable bonds is 4. The maximum atomic E-state index is 12.9. The molecular weight excluding hydrogens is 384 g/mol. The predicted molar refractivity (Wildman–Crippen MR) is 114 cm³/mol. The van der Waals surface area contributed by atoms with E-state index in [2.05, 4.69) is 22.4 Å². The predicted octanol–water partition coefficient (Wildman–Crippen LogP) is 4.49. The molecule has 0 radical (unpaired) electrons. The van der Waals surface area contributed by atoms with Gasteiger partial charge in [0.05, 0.1) is 29.0 Å².